The zero-order chi connectivity index (χ0) is 25.6. The first-order chi connectivity index (χ1) is 18.0. The molecular formula is C31H29N5O. The predicted octanol–water partition coefficient (Wildman–Crippen LogP) is 7.11. The molecule has 1 N–H and O–H groups in total. The fraction of sp³-hybridized carbons (Fsp3) is 0.161. The van der Waals surface area contributed by atoms with Gasteiger partial charge in [-0.1, -0.05) is 50.8 Å². The molecule has 3 aromatic carbocycles. The van der Waals surface area contributed by atoms with Gasteiger partial charge in [0.15, 0.2) is 0 Å². The minimum Gasteiger partial charge on any atom is -0.457 e. The van der Waals surface area contributed by atoms with Crippen molar-refractivity contribution in [3.05, 3.63) is 103 Å². The zero-order valence-corrected chi connectivity index (χ0v) is 21.3. The number of hydrogen-bond donors (Lipinski definition) is 1. The van der Waals surface area contributed by atoms with E-state index in [9.17, 15) is 0 Å². The lowest BCUT2D eigenvalue weighted by Crippen LogP contribution is -2.26. The lowest BCUT2D eigenvalue weighted by molar-refractivity contribution is 0.483. The van der Waals surface area contributed by atoms with Gasteiger partial charge in [0.25, 0.3) is 0 Å². The molecule has 5 aromatic rings. The van der Waals surface area contributed by atoms with Gasteiger partial charge in [0, 0.05) is 46.3 Å². The molecule has 0 fully saturated rings. The highest BCUT2D eigenvalue weighted by atomic mass is 16.5. The molecule has 3 heterocycles. The maximum Gasteiger partial charge on any atom is 0.141 e. The molecule has 0 saturated heterocycles. The lowest BCUT2D eigenvalue weighted by atomic mass is 9.76. The van der Waals surface area contributed by atoms with Crippen LogP contribution >= 0.6 is 0 Å². The Kier molecular flexibility index (Phi) is 5.45. The molecule has 184 valence electrons. The Labute approximate surface area is 216 Å². The monoisotopic (exact) mass is 487 g/mol. The van der Waals surface area contributed by atoms with Crippen LogP contribution in [0.3, 0.4) is 0 Å². The number of nitrogens with zero attached hydrogens (tertiary/aromatic N) is 4. The number of anilines is 1. The second kappa shape index (κ2) is 8.82. The predicted molar refractivity (Wildman–Crippen MR) is 152 cm³/mol. The summed E-state index contributed by atoms with van der Waals surface area (Å²) in [6.45, 7) is 10.7. The van der Waals surface area contributed by atoms with E-state index in [-0.39, 0.29) is 5.41 Å². The molecule has 6 rings (SSSR count). The highest BCUT2D eigenvalue weighted by Crippen LogP contribution is 2.47. The van der Waals surface area contributed by atoms with E-state index in [1.807, 2.05) is 54.5 Å². The summed E-state index contributed by atoms with van der Waals surface area (Å²) < 4.78 is 8.67. The number of ether oxygens (including phenoxy) is 1. The quantitative estimate of drug-likeness (QED) is 0.151. The van der Waals surface area contributed by atoms with Crippen LogP contribution < -0.4 is 15.1 Å². The average Bonchev–Trinajstić information content (AvgIpc) is 3.24. The fourth-order valence-corrected chi connectivity index (χ4v) is 5.38. The van der Waals surface area contributed by atoms with E-state index in [0.717, 1.165) is 28.5 Å². The molecule has 1 aliphatic heterocycles. The summed E-state index contributed by atoms with van der Waals surface area (Å²) in [5.74, 6) is 2.48. The molecule has 2 aromatic heterocycles. The van der Waals surface area contributed by atoms with Gasteiger partial charge in [-0.2, -0.15) is 5.10 Å². The summed E-state index contributed by atoms with van der Waals surface area (Å²) in [5, 5.41) is 11.8. The van der Waals surface area contributed by atoms with Crippen LogP contribution in [0.25, 0.3) is 27.6 Å². The van der Waals surface area contributed by atoms with Gasteiger partial charge < -0.3 is 10.1 Å². The van der Waals surface area contributed by atoms with E-state index in [1.54, 1.807) is 12.4 Å². The van der Waals surface area contributed by atoms with Crippen LogP contribution in [0, 0.1) is 0 Å². The first-order valence-electron chi connectivity index (χ1n) is 12.4. The van der Waals surface area contributed by atoms with E-state index in [4.69, 9.17) is 9.72 Å². The third kappa shape index (κ3) is 3.64. The number of nitrogens with one attached hydrogen (secondary N) is 1. The summed E-state index contributed by atoms with van der Waals surface area (Å²) in [6.07, 6.45) is 5.29. The minimum atomic E-state index is -0.138. The van der Waals surface area contributed by atoms with Gasteiger partial charge in [0.2, 0.25) is 0 Å². The first-order valence-corrected chi connectivity index (χ1v) is 12.4. The molecule has 0 spiro atoms. The maximum absolute atomic E-state index is 6.38. The fourth-order valence-electron chi connectivity index (χ4n) is 5.38. The molecule has 0 saturated carbocycles. The van der Waals surface area contributed by atoms with E-state index in [0.29, 0.717) is 6.67 Å². The van der Waals surface area contributed by atoms with E-state index < -0.39 is 0 Å². The van der Waals surface area contributed by atoms with Crippen molar-refractivity contribution in [3.63, 3.8) is 0 Å². The van der Waals surface area contributed by atoms with Gasteiger partial charge in [0.1, 0.15) is 24.0 Å². The van der Waals surface area contributed by atoms with Gasteiger partial charge in [0.05, 0.1) is 16.7 Å². The van der Waals surface area contributed by atoms with Crippen molar-refractivity contribution in [1.82, 2.24) is 14.9 Å². The van der Waals surface area contributed by atoms with Crippen molar-refractivity contribution in [2.24, 2.45) is 5.10 Å². The third-order valence-corrected chi connectivity index (χ3v) is 7.10. The smallest absolute Gasteiger partial charge is 0.141 e. The highest BCUT2D eigenvalue weighted by molar-refractivity contribution is 6.11. The summed E-state index contributed by atoms with van der Waals surface area (Å²) >= 11 is 0. The van der Waals surface area contributed by atoms with Crippen LogP contribution in [0.1, 0.15) is 31.9 Å². The number of fused-ring (bicyclic) bond motifs is 5. The second-order valence-corrected chi connectivity index (χ2v) is 9.65. The van der Waals surface area contributed by atoms with Crippen molar-refractivity contribution >= 4 is 33.7 Å². The summed E-state index contributed by atoms with van der Waals surface area (Å²) in [5.41, 5.74) is 5.60. The molecule has 0 amide bonds. The molecule has 0 aliphatic carbocycles. The maximum atomic E-state index is 6.38. The van der Waals surface area contributed by atoms with E-state index >= 15 is 0 Å². The molecule has 0 radical (unpaired) electrons. The van der Waals surface area contributed by atoms with Crippen LogP contribution in [0.15, 0.2) is 96.9 Å². The van der Waals surface area contributed by atoms with Crippen molar-refractivity contribution in [3.8, 4) is 17.3 Å². The largest absolute Gasteiger partial charge is 0.457 e. The molecule has 0 atom stereocenters. The Morgan fingerprint density at radius 2 is 1.81 bits per heavy atom. The van der Waals surface area contributed by atoms with Crippen LogP contribution in [-0.2, 0) is 5.41 Å². The van der Waals surface area contributed by atoms with Crippen molar-refractivity contribution < 1.29 is 4.74 Å². The Hall–Kier alpha value is -4.58. The number of hydrogen-bond acceptors (Lipinski definition) is 5. The molecule has 0 bridgehead atoms. The first kappa shape index (κ1) is 22.9. The summed E-state index contributed by atoms with van der Waals surface area (Å²) in [4.78, 5) is 4.84. The van der Waals surface area contributed by atoms with Crippen molar-refractivity contribution in [2.75, 3.05) is 11.7 Å². The Bertz CT molecular complexity index is 1680. The number of benzene rings is 3. The normalized spacial score (nSPS) is 13.6. The van der Waals surface area contributed by atoms with Gasteiger partial charge in [-0.3, -0.25) is 4.57 Å². The third-order valence-electron chi connectivity index (χ3n) is 7.10. The second-order valence-electron chi connectivity index (χ2n) is 9.65. The molecule has 1 aliphatic rings. The Morgan fingerprint density at radius 3 is 2.65 bits per heavy atom. The van der Waals surface area contributed by atoms with Crippen molar-refractivity contribution in [1.29, 1.82) is 0 Å². The zero-order valence-electron chi connectivity index (χ0n) is 21.3. The SMILES string of the molecule is C=CNCN(/N=C\C)c1cccc(Oc2ccc3c4cccc5c4n(c3c2)-c2ncccc2C5(C)C)c1. The van der Waals surface area contributed by atoms with Gasteiger partial charge in [-0.25, -0.2) is 9.99 Å². The Balaban J connectivity index is 1.46. The molecule has 37 heavy (non-hydrogen) atoms. The van der Waals surface area contributed by atoms with E-state index in [2.05, 4.69) is 71.8 Å². The molecular weight excluding hydrogens is 458 g/mol. The number of aromatic nitrogens is 2. The van der Waals surface area contributed by atoms with Crippen LogP contribution in [0.4, 0.5) is 5.69 Å². The lowest BCUT2D eigenvalue weighted by Gasteiger charge is -2.33. The Morgan fingerprint density at radius 1 is 1.00 bits per heavy atom. The highest BCUT2D eigenvalue weighted by Gasteiger charge is 2.35. The number of pyridine rings is 1. The minimum absolute atomic E-state index is 0.138. The van der Waals surface area contributed by atoms with Gasteiger partial charge >= 0.3 is 0 Å². The van der Waals surface area contributed by atoms with Gasteiger partial charge in [-0.05, 0) is 49.0 Å². The summed E-state index contributed by atoms with van der Waals surface area (Å²) in [7, 11) is 0. The van der Waals surface area contributed by atoms with Crippen LogP contribution in [-0.4, -0.2) is 22.4 Å². The number of hydrazone groups is 1. The van der Waals surface area contributed by atoms with Crippen LogP contribution in [0.5, 0.6) is 11.5 Å². The van der Waals surface area contributed by atoms with Gasteiger partial charge in [-0.15, -0.1) is 0 Å². The number of rotatable bonds is 7. The topological polar surface area (TPSA) is 54.7 Å². The molecule has 6 nitrogen and oxygen atoms in total. The van der Waals surface area contributed by atoms with Crippen molar-refractivity contribution in [2.45, 2.75) is 26.2 Å². The number of para-hydroxylation sites is 1. The standard InChI is InChI=1S/C31H29N5O/c1-5-32-20-35(34-6-2)21-10-7-11-22(18-21)37-23-15-16-24-25-12-8-13-26-29(25)36(28(24)19-23)30-27(31(26,3)4)14-9-17-33-30/h5-19,32H,1,20H2,2-4H3/b34-6-. The summed E-state index contributed by atoms with van der Waals surface area (Å²) in [6, 6.07) is 25.0. The van der Waals surface area contributed by atoms with E-state index in [1.165, 1.54) is 27.4 Å². The molecule has 6 heteroatoms. The van der Waals surface area contributed by atoms with Crippen LogP contribution in [0.2, 0.25) is 0 Å². The average molecular weight is 488 g/mol. The molecule has 0 unspecified atom stereocenters.